The van der Waals surface area contributed by atoms with Crippen molar-refractivity contribution in [3.8, 4) is 11.8 Å². The first-order valence-electron chi connectivity index (χ1n) is 6.17. The minimum absolute atomic E-state index is 0.0220. The lowest BCUT2D eigenvalue weighted by Crippen LogP contribution is -2.06. The van der Waals surface area contributed by atoms with E-state index in [-0.39, 0.29) is 12.4 Å². The Balaban J connectivity index is 2.23. The molecule has 0 saturated carbocycles. The maximum Gasteiger partial charge on any atom is 0.342 e. The highest BCUT2D eigenvalue weighted by atomic mass is 19.1. The lowest BCUT2D eigenvalue weighted by atomic mass is 10.1. The number of aromatic carboxylic acids is 1. The first kappa shape index (κ1) is 14.5. The number of ether oxygens (including phenoxy) is 1. The molecule has 0 heterocycles. The second-order valence-corrected chi connectivity index (χ2v) is 4.46. The fourth-order valence-electron chi connectivity index (χ4n) is 1.92. The molecule has 0 aromatic heterocycles. The number of carbonyl (C=O) groups is 1. The average molecular weight is 285 g/mol. The summed E-state index contributed by atoms with van der Waals surface area (Å²) in [6.07, 6.45) is 0. The van der Waals surface area contributed by atoms with Crippen LogP contribution in [0, 0.1) is 24.1 Å². The molecule has 21 heavy (non-hydrogen) atoms. The Morgan fingerprint density at radius 3 is 2.76 bits per heavy atom. The minimum atomic E-state index is -1.38. The molecule has 2 aromatic rings. The van der Waals surface area contributed by atoms with Crippen LogP contribution < -0.4 is 4.74 Å². The van der Waals surface area contributed by atoms with Crippen LogP contribution in [-0.2, 0) is 6.61 Å². The maximum absolute atomic E-state index is 13.5. The van der Waals surface area contributed by atoms with E-state index in [1.54, 1.807) is 18.2 Å². The van der Waals surface area contributed by atoms with Crippen LogP contribution in [0.25, 0.3) is 0 Å². The molecule has 0 aliphatic carbocycles. The second kappa shape index (κ2) is 6.06. The first-order valence-corrected chi connectivity index (χ1v) is 6.17. The summed E-state index contributed by atoms with van der Waals surface area (Å²) in [5.74, 6) is -2.23. The van der Waals surface area contributed by atoms with Gasteiger partial charge in [0, 0.05) is 0 Å². The Bertz CT molecular complexity index is 735. The quantitative estimate of drug-likeness (QED) is 0.935. The third kappa shape index (κ3) is 3.18. The van der Waals surface area contributed by atoms with Gasteiger partial charge in [0.15, 0.2) is 0 Å². The van der Waals surface area contributed by atoms with Gasteiger partial charge in [-0.15, -0.1) is 0 Å². The van der Waals surface area contributed by atoms with Crippen molar-refractivity contribution in [3.05, 3.63) is 64.5 Å². The van der Waals surface area contributed by atoms with E-state index in [1.807, 2.05) is 13.0 Å². The molecule has 5 heteroatoms. The van der Waals surface area contributed by atoms with Crippen molar-refractivity contribution in [1.82, 2.24) is 0 Å². The summed E-state index contributed by atoms with van der Waals surface area (Å²) in [6, 6.07) is 11.0. The molecular weight excluding hydrogens is 273 g/mol. The van der Waals surface area contributed by atoms with Crippen molar-refractivity contribution < 1.29 is 19.0 Å². The normalized spacial score (nSPS) is 9.95. The number of hydrogen-bond acceptors (Lipinski definition) is 3. The van der Waals surface area contributed by atoms with Crippen molar-refractivity contribution in [2.24, 2.45) is 0 Å². The molecule has 0 bridgehead atoms. The Hall–Kier alpha value is -2.87. The molecule has 0 fully saturated rings. The molecule has 1 N–H and O–H groups in total. The molecule has 4 nitrogen and oxygen atoms in total. The molecule has 0 aliphatic rings. The molecule has 0 aliphatic heterocycles. The predicted molar refractivity (Wildman–Crippen MR) is 73.6 cm³/mol. The highest BCUT2D eigenvalue weighted by Crippen LogP contribution is 2.23. The number of carboxylic acid groups (broad SMARTS) is 1. The second-order valence-electron chi connectivity index (χ2n) is 4.46. The summed E-state index contributed by atoms with van der Waals surface area (Å²) < 4.78 is 18.9. The highest BCUT2D eigenvalue weighted by Gasteiger charge is 2.17. The number of carboxylic acids is 1. The lowest BCUT2D eigenvalue weighted by molar-refractivity contribution is 0.0686. The van der Waals surface area contributed by atoms with Gasteiger partial charge in [-0.05, 0) is 42.3 Å². The van der Waals surface area contributed by atoms with Gasteiger partial charge in [-0.1, -0.05) is 12.1 Å². The Morgan fingerprint density at radius 2 is 2.14 bits per heavy atom. The van der Waals surface area contributed by atoms with Gasteiger partial charge in [0.2, 0.25) is 0 Å². The van der Waals surface area contributed by atoms with E-state index in [0.717, 1.165) is 17.2 Å². The molecule has 2 aromatic carbocycles. The standard InChI is InChI=1S/C16H12FNO3/c1-10-7-11(8-18)5-6-12(10)9-21-14-4-2-3-13(17)15(14)16(19)20/h2-7H,9H2,1H3,(H,19,20). The van der Waals surface area contributed by atoms with Crippen LogP contribution in [0.3, 0.4) is 0 Å². The third-order valence-electron chi connectivity index (χ3n) is 3.04. The maximum atomic E-state index is 13.5. The van der Waals surface area contributed by atoms with Gasteiger partial charge in [-0.25, -0.2) is 9.18 Å². The van der Waals surface area contributed by atoms with E-state index in [1.165, 1.54) is 12.1 Å². The number of benzene rings is 2. The fourth-order valence-corrected chi connectivity index (χ4v) is 1.92. The summed E-state index contributed by atoms with van der Waals surface area (Å²) in [7, 11) is 0. The van der Waals surface area contributed by atoms with Crippen LogP contribution in [0.1, 0.15) is 27.0 Å². The topological polar surface area (TPSA) is 70.3 Å². The van der Waals surface area contributed by atoms with E-state index in [2.05, 4.69) is 0 Å². The summed E-state index contributed by atoms with van der Waals surface area (Å²) in [5.41, 5.74) is 1.70. The summed E-state index contributed by atoms with van der Waals surface area (Å²) in [4.78, 5) is 11.0. The summed E-state index contributed by atoms with van der Waals surface area (Å²) >= 11 is 0. The zero-order valence-electron chi connectivity index (χ0n) is 11.3. The Labute approximate surface area is 121 Å². The fraction of sp³-hybridized carbons (Fsp3) is 0.125. The van der Waals surface area contributed by atoms with Gasteiger partial charge in [-0.2, -0.15) is 5.26 Å². The van der Waals surface area contributed by atoms with E-state index in [9.17, 15) is 9.18 Å². The SMILES string of the molecule is Cc1cc(C#N)ccc1COc1cccc(F)c1C(=O)O. The van der Waals surface area contributed by atoms with Crippen LogP contribution in [0.2, 0.25) is 0 Å². The van der Waals surface area contributed by atoms with E-state index in [4.69, 9.17) is 15.1 Å². The lowest BCUT2D eigenvalue weighted by Gasteiger charge is -2.11. The number of halogens is 1. The molecule has 106 valence electrons. The molecular formula is C16H12FNO3. The number of aryl methyl sites for hydroxylation is 1. The molecule has 0 amide bonds. The minimum Gasteiger partial charge on any atom is -0.488 e. The van der Waals surface area contributed by atoms with E-state index in [0.29, 0.717) is 5.56 Å². The zero-order valence-corrected chi connectivity index (χ0v) is 11.3. The monoisotopic (exact) mass is 285 g/mol. The summed E-state index contributed by atoms with van der Waals surface area (Å²) in [5, 5.41) is 17.8. The molecule has 0 saturated heterocycles. The number of hydrogen-bond donors (Lipinski definition) is 1. The van der Waals surface area contributed by atoms with Gasteiger partial charge in [0.1, 0.15) is 23.7 Å². The number of nitriles is 1. The first-order chi connectivity index (χ1) is 10.0. The van der Waals surface area contributed by atoms with Gasteiger partial charge in [-0.3, -0.25) is 0 Å². The van der Waals surface area contributed by atoms with Gasteiger partial charge < -0.3 is 9.84 Å². The molecule has 0 radical (unpaired) electrons. The molecule has 2 rings (SSSR count). The molecule has 0 unspecified atom stereocenters. The van der Waals surface area contributed by atoms with Crippen LogP contribution in [0.15, 0.2) is 36.4 Å². The Morgan fingerprint density at radius 1 is 1.38 bits per heavy atom. The van der Waals surface area contributed by atoms with Crippen molar-refractivity contribution >= 4 is 5.97 Å². The number of rotatable bonds is 4. The molecule has 0 spiro atoms. The van der Waals surface area contributed by atoms with Crippen molar-refractivity contribution in [3.63, 3.8) is 0 Å². The van der Waals surface area contributed by atoms with Crippen LogP contribution in [0.4, 0.5) is 4.39 Å². The van der Waals surface area contributed by atoms with E-state index >= 15 is 0 Å². The van der Waals surface area contributed by atoms with Gasteiger partial charge in [0.05, 0.1) is 11.6 Å². The largest absolute Gasteiger partial charge is 0.488 e. The number of nitrogens with zero attached hydrogens (tertiary/aromatic N) is 1. The van der Waals surface area contributed by atoms with Crippen molar-refractivity contribution in [2.45, 2.75) is 13.5 Å². The van der Waals surface area contributed by atoms with Crippen LogP contribution in [0.5, 0.6) is 5.75 Å². The van der Waals surface area contributed by atoms with Gasteiger partial charge in [0.25, 0.3) is 0 Å². The molecule has 0 atom stereocenters. The van der Waals surface area contributed by atoms with Crippen LogP contribution >= 0.6 is 0 Å². The average Bonchev–Trinajstić information content (AvgIpc) is 2.45. The van der Waals surface area contributed by atoms with Crippen molar-refractivity contribution in [2.75, 3.05) is 0 Å². The third-order valence-corrected chi connectivity index (χ3v) is 3.04. The smallest absolute Gasteiger partial charge is 0.342 e. The zero-order chi connectivity index (χ0) is 15.4. The van der Waals surface area contributed by atoms with E-state index < -0.39 is 17.3 Å². The van der Waals surface area contributed by atoms with Crippen molar-refractivity contribution in [1.29, 1.82) is 5.26 Å². The van der Waals surface area contributed by atoms with Gasteiger partial charge >= 0.3 is 5.97 Å². The highest BCUT2D eigenvalue weighted by molar-refractivity contribution is 5.91. The Kier molecular flexibility index (Phi) is 4.19. The van der Waals surface area contributed by atoms with Crippen LogP contribution in [-0.4, -0.2) is 11.1 Å². The summed E-state index contributed by atoms with van der Waals surface area (Å²) in [6.45, 7) is 1.92. The predicted octanol–water partition coefficient (Wildman–Crippen LogP) is 3.28.